The Balaban J connectivity index is 1.24. The van der Waals surface area contributed by atoms with Gasteiger partial charge in [0.25, 0.3) is 0 Å². The smallest absolute Gasteiger partial charge is 0.130 e. The van der Waals surface area contributed by atoms with Crippen LogP contribution in [0.1, 0.15) is 33.8 Å². The summed E-state index contributed by atoms with van der Waals surface area (Å²) in [5, 5.41) is 18.4. The first-order chi connectivity index (χ1) is 16.8. The molecule has 0 unspecified atom stereocenters. The monoisotopic (exact) mass is 448 g/mol. The van der Waals surface area contributed by atoms with Gasteiger partial charge in [-0.3, -0.25) is 10.1 Å². The average molecular weight is 449 g/mol. The van der Waals surface area contributed by atoms with Gasteiger partial charge in [-0.15, -0.1) is 0 Å². The lowest BCUT2D eigenvalue weighted by Gasteiger charge is -2.10. The van der Waals surface area contributed by atoms with Gasteiger partial charge >= 0.3 is 0 Å². The fourth-order valence-corrected chi connectivity index (χ4v) is 3.67. The predicted molar refractivity (Wildman–Crippen MR) is 136 cm³/mol. The van der Waals surface area contributed by atoms with E-state index in [4.69, 9.17) is 4.74 Å². The van der Waals surface area contributed by atoms with Crippen LogP contribution < -0.4 is 4.74 Å². The van der Waals surface area contributed by atoms with Crippen molar-refractivity contribution >= 4 is 35.2 Å². The quantitative estimate of drug-likeness (QED) is 0.284. The van der Waals surface area contributed by atoms with Crippen LogP contribution in [0.15, 0.2) is 79.1 Å². The highest BCUT2D eigenvalue weighted by Crippen LogP contribution is 2.23. The average Bonchev–Trinajstić information content (AvgIpc) is 3.55. The molecule has 0 aliphatic rings. The number of aromatic nitrogens is 4. The number of aromatic amines is 2. The van der Waals surface area contributed by atoms with Crippen LogP contribution in [0.25, 0.3) is 35.2 Å². The van der Waals surface area contributed by atoms with Gasteiger partial charge in [-0.1, -0.05) is 30.4 Å². The third kappa shape index (κ3) is 5.14. The van der Waals surface area contributed by atoms with E-state index in [1.165, 1.54) is 5.39 Å². The van der Waals surface area contributed by atoms with Crippen LogP contribution in [-0.2, 0) is 13.2 Å². The Morgan fingerprint density at radius 3 is 2.65 bits per heavy atom. The number of benzene rings is 2. The van der Waals surface area contributed by atoms with Crippen LogP contribution >= 0.6 is 0 Å². The number of pyridine rings is 1. The van der Waals surface area contributed by atoms with Crippen molar-refractivity contribution in [3.8, 4) is 5.75 Å². The molecule has 0 spiro atoms. The number of ether oxygens (including phenoxy) is 1. The Bertz CT molecular complexity index is 1450. The molecule has 0 aliphatic heterocycles. The third-order valence-corrected chi connectivity index (χ3v) is 5.45. The number of nitrogens with one attached hydrogen (secondary N) is 2. The summed E-state index contributed by atoms with van der Waals surface area (Å²) in [6, 6.07) is 21.8. The molecule has 2 aromatic carbocycles. The van der Waals surface area contributed by atoms with Crippen molar-refractivity contribution in [3.63, 3.8) is 0 Å². The van der Waals surface area contributed by atoms with Crippen LogP contribution in [0.2, 0.25) is 0 Å². The van der Waals surface area contributed by atoms with E-state index in [1.807, 2.05) is 66.9 Å². The summed E-state index contributed by atoms with van der Waals surface area (Å²) in [6.07, 6.45) is 11.6. The summed E-state index contributed by atoms with van der Waals surface area (Å²) in [5.74, 6) is 0.648. The molecule has 34 heavy (non-hydrogen) atoms. The largest absolute Gasteiger partial charge is 0.487 e. The standard InChI is InChI=1S/C28H24N4O2/c33-18-23-16-21(7-11-28(23)34-19-26-3-1-2-13-29-26)5-9-25-17-24(31-32-25)8-4-20-6-10-27-22(15-20)12-14-30-27/h1-17,30,33H,18-19H2,(H,31,32)/b8-4+,9-5+. The van der Waals surface area contributed by atoms with E-state index in [0.29, 0.717) is 12.4 Å². The molecule has 0 aliphatic carbocycles. The lowest BCUT2D eigenvalue weighted by Crippen LogP contribution is -2.00. The molecule has 3 heterocycles. The molecule has 0 atom stereocenters. The SMILES string of the molecule is OCc1cc(/C=C/c2cc(/C=C/c3ccc4[nH]ccc4c3)[nH]n2)ccc1OCc1ccccn1. The van der Waals surface area contributed by atoms with Crippen LogP contribution in [0.5, 0.6) is 5.75 Å². The molecule has 0 saturated carbocycles. The molecule has 0 amide bonds. The second-order valence-corrected chi connectivity index (χ2v) is 7.87. The Morgan fingerprint density at radius 1 is 0.882 bits per heavy atom. The van der Waals surface area contributed by atoms with Gasteiger partial charge in [-0.05, 0) is 77.2 Å². The minimum Gasteiger partial charge on any atom is -0.487 e. The van der Waals surface area contributed by atoms with E-state index in [0.717, 1.165) is 39.3 Å². The summed E-state index contributed by atoms with van der Waals surface area (Å²) >= 11 is 0. The van der Waals surface area contributed by atoms with Gasteiger partial charge in [-0.25, -0.2) is 0 Å². The summed E-state index contributed by atoms with van der Waals surface area (Å²) in [4.78, 5) is 7.46. The number of aliphatic hydroxyl groups excluding tert-OH is 1. The highest BCUT2D eigenvalue weighted by atomic mass is 16.5. The molecule has 0 saturated heterocycles. The van der Waals surface area contributed by atoms with Crippen molar-refractivity contribution in [2.45, 2.75) is 13.2 Å². The highest BCUT2D eigenvalue weighted by Gasteiger charge is 2.05. The number of hydrogen-bond donors (Lipinski definition) is 3. The van der Waals surface area contributed by atoms with E-state index in [2.05, 4.69) is 50.5 Å². The molecule has 3 N–H and O–H groups in total. The number of aliphatic hydroxyl groups is 1. The van der Waals surface area contributed by atoms with Crippen molar-refractivity contribution in [1.29, 1.82) is 0 Å². The van der Waals surface area contributed by atoms with E-state index < -0.39 is 0 Å². The molecule has 6 heteroatoms. The molecular weight excluding hydrogens is 424 g/mol. The Hall–Kier alpha value is -4.42. The second-order valence-electron chi connectivity index (χ2n) is 7.87. The topological polar surface area (TPSA) is 86.8 Å². The zero-order chi connectivity index (χ0) is 23.2. The van der Waals surface area contributed by atoms with Crippen LogP contribution in [0, 0.1) is 0 Å². The lowest BCUT2D eigenvalue weighted by atomic mass is 10.1. The molecule has 5 aromatic rings. The molecule has 0 radical (unpaired) electrons. The van der Waals surface area contributed by atoms with E-state index in [1.54, 1.807) is 6.20 Å². The number of H-pyrrole nitrogens is 2. The van der Waals surface area contributed by atoms with Gasteiger partial charge in [0.15, 0.2) is 0 Å². The van der Waals surface area contributed by atoms with E-state index in [-0.39, 0.29) is 6.61 Å². The van der Waals surface area contributed by atoms with Gasteiger partial charge in [0, 0.05) is 23.5 Å². The molecule has 0 bridgehead atoms. The van der Waals surface area contributed by atoms with Crippen molar-refractivity contribution in [2.24, 2.45) is 0 Å². The van der Waals surface area contributed by atoms with Crippen molar-refractivity contribution in [3.05, 3.63) is 113 Å². The first kappa shape index (κ1) is 21.4. The maximum Gasteiger partial charge on any atom is 0.130 e. The van der Waals surface area contributed by atoms with Gasteiger partial charge in [0.1, 0.15) is 12.4 Å². The highest BCUT2D eigenvalue weighted by molar-refractivity contribution is 5.83. The van der Waals surface area contributed by atoms with Crippen LogP contribution in [0.4, 0.5) is 0 Å². The fraction of sp³-hybridized carbons (Fsp3) is 0.0714. The summed E-state index contributed by atoms with van der Waals surface area (Å²) in [6.45, 7) is 0.247. The Morgan fingerprint density at radius 2 is 1.76 bits per heavy atom. The van der Waals surface area contributed by atoms with Gasteiger partial charge in [0.05, 0.1) is 23.7 Å². The molecule has 3 aromatic heterocycles. The van der Waals surface area contributed by atoms with Crippen molar-refractivity contribution < 1.29 is 9.84 Å². The normalized spacial score (nSPS) is 11.7. The first-order valence-corrected chi connectivity index (χ1v) is 11.0. The number of rotatable bonds is 8. The summed E-state index contributed by atoms with van der Waals surface area (Å²) < 4.78 is 5.84. The summed E-state index contributed by atoms with van der Waals surface area (Å²) in [7, 11) is 0. The van der Waals surface area contributed by atoms with Crippen LogP contribution in [-0.4, -0.2) is 25.3 Å². The Labute approximate surface area is 197 Å². The van der Waals surface area contributed by atoms with Crippen molar-refractivity contribution in [1.82, 2.24) is 20.2 Å². The minimum atomic E-state index is -0.106. The van der Waals surface area contributed by atoms with Gasteiger partial charge < -0.3 is 14.8 Å². The van der Waals surface area contributed by atoms with Crippen molar-refractivity contribution in [2.75, 3.05) is 0 Å². The maximum atomic E-state index is 9.78. The zero-order valence-electron chi connectivity index (χ0n) is 18.5. The minimum absolute atomic E-state index is 0.106. The zero-order valence-corrected chi connectivity index (χ0v) is 18.5. The lowest BCUT2D eigenvalue weighted by molar-refractivity contribution is 0.257. The first-order valence-electron chi connectivity index (χ1n) is 11.0. The second kappa shape index (κ2) is 10.0. The summed E-state index contributed by atoms with van der Waals surface area (Å²) in [5.41, 5.74) is 6.51. The third-order valence-electron chi connectivity index (χ3n) is 5.45. The Kier molecular flexibility index (Phi) is 6.31. The fourth-order valence-electron chi connectivity index (χ4n) is 3.67. The van der Waals surface area contributed by atoms with E-state index in [9.17, 15) is 5.11 Å². The van der Waals surface area contributed by atoms with E-state index >= 15 is 0 Å². The molecule has 168 valence electrons. The molecular formula is C28H24N4O2. The van der Waals surface area contributed by atoms with Gasteiger partial charge in [0.2, 0.25) is 0 Å². The molecule has 0 fully saturated rings. The molecule has 6 nitrogen and oxygen atoms in total. The number of nitrogens with zero attached hydrogens (tertiary/aromatic N) is 2. The number of fused-ring (bicyclic) bond motifs is 1. The molecule has 5 rings (SSSR count). The van der Waals surface area contributed by atoms with Crippen LogP contribution in [0.3, 0.4) is 0 Å². The number of hydrogen-bond acceptors (Lipinski definition) is 4. The maximum absolute atomic E-state index is 9.78. The van der Waals surface area contributed by atoms with Gasteiger partial charge in [-0.2, -0.15) is 5.10 Å². The predicted octanol–water partition coefficient (Wildman–Crippen LogP) is 5.70.